The molecule has 1 saturated heterocycles. The number of esters is 1. The maximum atomic E-state index is 11.7. The molecule has 1 N–H and O–H groups in total. The molecule has 0 aromatic heterocycles. The molecule has 1 fully saturated rings. The Bertz CT molecular complexity index is 309. The molecule has 1 aliphatic heterocycles. The van der Waals surface area contributed by atoms with Crippen LogP contribution >= 0.6 is 12.6 Å². The molecule has 0 aliphatic carbocycles. The number of methoxy groups -OCH3 is 1. The molecule has 7 heteroatoms. The molecule has 0 spiro atoms. The zero-order valence-corrected chi connectivity index (χ0v) is 12.9. The third kappa shape index (κ3) is 6.58. The van der Waals surface area contributed by atoms with Gasteiger partial charge in [0.2, 0.25) is 5.91 Å². The van der Waals surface area contributed by atoms with Crippen LogP contribution in [0.5, 0.6) is 0 Å². The summed E-state index contributed by atoms with van der Waals surface area (Å²) in [7, 11) is 1.30. The van der Waals surface area contributed by atoms with Crippen LogP contribution in [0.2, 0.25) is 0 Å². The number of thiol groups is 1. The number of hydrogen-bond acceptors (Lipinski definition) is 6. The molecule has 1 atom stereocenters. The summed E-state index contributed by atoms with van der Waals surface area (Å²) in [5.74, 6) is -0.343. The van der Waals surface area contributed by atoms with Crippen molar-refractivity contribution in [3.8, 4) is 0 Å². The maximum Gasteiger partial charge on any atom is 0.329 e. The lowest BCUT2D eigenvalue weighted by Crippen LogP contribution is -2.42. The Labute approximate surface area is 125 Å². The second-order valence-electron chi connectivity index (χ2n) is 4.74. The largest absolute Gasteiger partial charge is 0.467 e. The van der Waals surface area contributed by atoms with Crippen molar-refractivity contribution in [2.75, 3.05) is 45.7 Å². The van der Waals surface area contributed by atoms with Crippen LogP contribution in [0.4, 0.5) is 0 Å². The van der Waals surface area contributed by atoms with Gasteiger partial charge in [-0.05, 0) is 19.4 Å². The normalized spacial score (nSPS) is 17.5. The first-order valence-electron chi connectivity index (χ1n) is 6.95. The Morgan fingerprint density at radius 1 is 1.35 bits per heavy atom. The third-order valence-electron chi connectivity index (χ3n) is 3.24. The number of amides is 1. The van der Waals surface area contributed by atoms with E-state index in [0.29, 0.717) is 6.42 Å². The van der Waals surface area contributed by atoms with Gasteiger partial charge in [0.1, 0.15) is 6.04 Å². The highest BCUT2D eigenvalue weighted by Crippen LogP contribution is 2.03. The zero-order chi connectivity index (χ0) is 14.8. The Morgan fingerprint density at radius 3 is 2.65 bits per heavy atom. The molecule has 0 aromatic rings. The zero-order valence-electron chi connectivity index (χ0n) is 12.0. The molecular weight excluding hydrogens is 280 g/mol. The molecule has 1 unspecified atom stereocenters. The second kappa shape index (κ2) is 10.0. The van der Waals surface area contributed by atoms with Gasteiger partial charge in [0.25, 0.3) is 0 Å². The first-order chi connectivity index (χ1) is 9.67. The van der Waals surface area contributed by atoms with Crippen molar-refractivity contribution in [2.45, 2.75) is 25.3 Å². The lowest BCUT2D eigenvalue weighted by atomic mass is 10.2. The molecule has 1 amide bonds. The fraction of sp³-hybridized carbons (Fsp3) is 0.846. The van der Waals surface area contributed by atoms with Crippen LogP contribution in [0.15, 0.2) is 0 Å². The Kier molecular flexibility index (Phi) is 8.64. The molecule has 1 rings (SSSR count). The van der Waals surface area contributed by atoms with Crippen molar-refractivity contribution in [2.24, 2.45) is 0 Å². The minimum absolute atomic E-state index is 0.128. The number of carbonyl (C=O) groups excluding carboxylic acids is 2. The molecule has 116 valence electrons. The summed E-state index contributed by atoms with van der Waals surface area (Å²) >= 11 is 4.03. The average Bonchev–Trinajstić information content (AvgIpc) is 2.49. The Morgan fingerprint density at radius 2 is 2.05 bits per heavy atom. The topological polar surface area (TPSA) is 67.9 Å². The standard InChI is InChI=1S/C13H24N2O4S/c1-18-13(17)11(10-20)14-12(16)4-2-3-5-15-6-8-19-9-7-15/h11,20H,2-10H2,1H3,(H,14,16). The van der Waals surface area contributed by atoms with Crippen LogP contribution in [0.1, 0.15) is 19.3 Å². The van der Waals surface area contributed by atoms with Crippen LogP contribution in [-0.4, -0.2) is 68.5 Å². The van der Waals surface area contributed by atoms with Gasteiger partial charge in [-0.2, -0.15) is 12.6 Å². The molecule has 0 saturated carbocycles. The molecule has 6 nitrogen and oxygen atoms in total. The number of ether oxygens (including phenoxy) is 2. The van der Waals surface area contributed by atoms with E-state index in [4.69, 9.17) is 4.74 Å². The number of unbranched alkanes of at least 4 members (excludes halogenated alkanes) is 1. The van der Waals surface area contributed by atoms with Crippen LogP contribution in [-0.2, 0) is 19.1 Å². The van der Waals surface area contributed by atoms with Gasteiger partial charge in [-0.3, -0.25) is 9.69 Å². The monoisotopic (exact) mass is 304 g/mol. The van der Waals surface area contributed by atoms with Crippen LogP contribution < -0.4 is 5.32 Å². The fourth-order valence-electron chi connectivity index (χ4n) is 2.03. The molecule has 20 heavy (non-hydrogen) atoms. The highest BCUT2D eigenvalue weighted by Gasteiger charge is 2.19. The first-order valence-corrected chi connectivity index (χ1v) is 7.58. The summed E-state index contributed by atoms with van der Waals surface area (Å²) in [5.41, 5.74) is 0. The van der Waals surface area contributed by atoms with Crippen LogP contribution in [0.25, 0.3) is 0 Å². The molecule has 1 heterocycles. The maximum absolute atomic E-state index is 11.7. The van der Waals surface area contributed by atoms with Gasteiger partial charge in [0.05, 0.1) is 20.3 Å². The lowest BCUT2D eigenvalue weighted by molar-refractivity contribution is -0.144. The molecule has 0 aromatic carbocycles. The summed E-state index contributed by atoms with van der Waals surface area (Å²) in [4.78, 5) is 25.3. The minimum Gasteiger partial charge on any atom is -0.467 e. The summed E-state index contributed by atoms with van der Waals surface area (Å²) in [6.45, 7) is 4.52. The van der Waals surface area contributed by atoms with E-state index in [9.17, 15) is 9.59 Å². The van der Waals surface area contributed by atoms with E-state index in [1.807, 2.05) is 0 Å². The van der Waals surface area contributed by atoms with Gasteiger partial charge >= 0.3 is 5.97 Å². The van der Waals surface area contributed by atoms with E-state index >= 15 is 0 Å². The predicted octanol–water partition coefficient (Wildman–Crippen LogP) is 0.0765. The van der Waals surface area contributed by atoms with E-state index in [-0.39, 0.29) is 11.7 Å². The van der Waals surface area contributed by atoms with E-state index in [0.717, 1.165) is 45.7 Å². The van der Waals surface area contributed by atoms with Gasteiger partial charge in [-0.1, -0.05) is 0 Å². The van der Waals surface area contributed by atoms with Crippen molar-refractivity contribution in [1.82, 2.24) is 10.2 Å². The first kappa shape index (κ1) is 17.3. The highest BCUT2D eigenvalue weighted by atomic mass is 32.1. The van der Waals surface area contributed by atoms with Gasteiger partial charge in [-0.25, -0.2) is 4.79 Å². The molecule has 0 bridgehead atoms. The van der Waals surface area contributed by atoms with Crippen molar-refractivity contribution in [1.29, 1.82) is 0 Å². The second-order valence-corrected chi connectivity index (χ2v) is 5.10. The van der Waals surface area contributed by atoms with Crippen LogP contribution in [0.3, 0.4) is 0 Å². The number of rotatable bonds is 8. The molecular formula is C13H24N2O4S. The van der Waals surface area contributed by atoms with Gasteiger partial charge in [-0.15, -0.1) is 0 Å². The number of hydrogen-bond donors (Lipinski definition) is 2. The van der Waals surface area contributed by atoms with E-state index in [1.54, 1.807) is 0 Å². The van der Waals surface area contributed by atoms with Gasteiger partial charge in [0, 0.05) is 25.3 Å². The summed E-state index contributed by atoms with van der Waals surface area (Å²) in [6, 6.07) is -0.657. The number of morpholine rings is 1. The average molecular weight is 304 g/mol. The smallest absolute Gasteiger partial charge is 0.329 e. The summed E-state index contributed by atoms with van der Waals surface area (Å²) < 4.78 is 9.86. The lowest BCUT2D eigenvalue weighted by Gasteiger charge is -2.26. The van der Waals surface area contributed by atoms with Crippen molar-refractivity contribution in [3.05, 3.63) is 0 Å². The van der Waals surface area contributed by atoms with E-state index < -0.39 is 12.0 Å². The minimum atomic E-state index is -0.657. The van der Waals surface area contributed by atoms with E-state index in [1.165, 1.54) is 7.11 Å². The molecule has 0 radical (unpaired) electrons. The third-order valence-corrected chi connectivity index (χ3v) is 3.60. The van der Waals surface area contributed by atoms with E-state index in [2.05, 4.69) is 27.6 Å². The van der Waals surface area contributed by atoms with Gasteiger partial charge in [0.15, 0.2) is 0 Å². The quantitative estimate of drug-likeness (QED) is 0.377. The van der Waals surface area contributed by atoms with Crippen molar-refractivity contribution >= 4 is 24.5 Å². The fourth-order valence-corrected chi connectivity index (χ4v) is 2.27. The predicted molar refractivity (Wildman–Crippen MR) is 78.9 cm³/mol. The SMILES string of the molecule is COC(=O)C(CS)NC(=O)CCCCN1CCOCC1. The summed E-state index contributed by atoms with van der Waals surface area (Å²) in [6.07, 6.45) is 2.20. The highest BCUT2D eigenvalue weighted by molar-refractivity contribution is 7.80. The van der Waals surface area contributed by atoms with Gasteiger partial charge < -0.3 is 14.8 Å². The molecule has 1 aliphatic rings. The Hall–Kier alpha value is -0.790. The van der Waals surface area contributed by atoms with Crippen molar-refractivity contribution < 1.29 is 19.1 Å². The van der Waals surface area contributed by atoms with Crippen molar-refractivity contribution in [3.63, 3.8) is 0 Å². The number of nitrogens with one attached hydrogen (secondary N) is 1. The Balaban J connectivity index is 2.11. The number of nitrogens with zero attached hydrogens (tertiary/aromatic N) is 1. The number of carbonyl (C=O) groups is 2. The summed E-state index contributed by atoms with van der Waals surface area (Å²) in [5, 5.41) is 2.63. The van der Waals surface area contributed by atoms with Crippen LogP contribution in [0, 0.1) is 0 Å².